The Hall–Kier alpha value is -0.640. The zero-order valence-electron chi connectivity index (χ0n) is 8.29. The van der Waals surface area contributed by atoms with E-state index < -0.39 is 6.17 Å². The number of carbonyl (C=O) groups excluding carboxylic acids is 1. The predicted molar refractivity (Wildman–Crippen MR) is 49.3 cm³/mol. The summed E-state index contributed by atoms with van der Waals surface area (Å²) in [5.74, 6) is 0.0922. The molecule has 0 aromatic carbocycles. The zero-order chi connectivity index (χ0) is 9.84. The van der Waals surface area contributed by atoms with Gasteiger partial charge in [0.05, 0.1) is 6.54 Å². The molecule has 1 aliphatic rings. The number of nitrogens with zero attached hydrogens (tertiary/aromatic N) is 2. The van der Waals surface area contributed by atoms with Crippen LogP contribution >= 0.6 is 0 Å². The summed E-state index contributed by atoms with van der Waals surface area (Å²) in [5, 5.41) is 0. The lowest BCUT2D eigenvalue weighted by Gasteiger charge is -2.32. The summed E-state index contributed by atoms with van der Waals surface area (Å²) < 4.78 is 13.0. The second-order valence-corrected chi connectivity index (χ2v) is 3.56. The van der Waals surface area contributed by atoms with E-state index in [0.717, 1.165) is 13.1 Å². The van der Waals surface area contributed by atoms with Crippen LogP contribution in [0.5, 0.6) is 0 Å². The second kappa shape index (κ2) is 4.56. The normalized spacial score (nSPS) is 22.1. The van der Waals surface area contributed by atoms with Crippen LogP contribution in [0.2, 0.25) is 0 Å². The Morgan fingerprint density at radius 1 is 1.54 bits per heavy atom. The first kappa shape index (κ1) is 10.4. The molecule has 0 radical (unpaired) electrons. The van der Waals surface area contributed by atoms with Crippen LogP contribution < -0.4 is 0 Å². The van der Waals surface area contributed by atoms with Crippen LogP contribution in [-0.2, 0) is 4.79 Å². The highest BCUT2D eigenvalue weighted by Gasteiger charge is 2.22. The number of hydrogen-bond acceptors (Lipinski definition) is 2. The van der Waals surface area contributed by atoms with E-state index in [0.29, 0.717) is 19.5 Å². The summed E-state index contributed by atoms with van der Waals surface area (Å²) in [5.41, 5.74) is 0. The molecular formula is C9H17FN2O. The van der Waals surface area contributed by atoms with Gasteiger partial charge in [0.2, 0.25) is 5.91 Å². The molecule has 1 fully saturated rings. The first-order valence-corrected chi connectivity index (χ1v) is 4.74. The summed E-state index contributed by atoms with van der Waals surface area (Å²) in [6, 6.07) is 0. The standard InChI is InChI=1S/C9H17FN2O/c1-3-8(10)6-12-5-4-11(2)9(13)7-12/h8H,3-7H2,1-2H3. The van der Waals surface area contributed by atoms with Crippen molar-refractivity contribution >= 4 is 5.91 Å². The molecule has 13 heavy (non-hydrogen) atoms. The fraction of sp³-hybridized carbons (Fsp3) is 0.889. The Labute approximate surface area is 78.5 Å². The Balaban J connectivity index is 2.33. The molecule has 1 aliphatic heterocycles. The number of hydrogen-bond donors (Lipinski definition) is 0. The molecule has 0 spiro atoms. The number of halogens is 1. The van der Waals surface area contributed by atoms with Crippen LogP contribution in [0, 0.1) is 0 Å². The summed E-state index contributed by atoms with van der Waals surface area (Å²) in [6.07, 6.45) is -0.267. The van der Waals surface area contributed by atoms with Gasteiger partial charge < -0.3 is 4.90 Å². The monoisotopic (exact) mass is 188 g/mol. The van der Waals surface area contributed by atoms with Crippen LogP contribution in [-0.4, -0.2) is 55.1 Å². The fourth-order valence-corrected chi connectivity index (χ4v) is 1.37. The highest BCUT2D eigenvalue weighted by atomic mass is 19.1. The maximum atomic E-state index is 13.0. The van der Waals surface area contributed by atoms with Crippen molar-refractivity contribution in [1.82, 2.24) is 9.80 Å². The van der Waals surface area contributed by atoms with Gasteiger partial charge in [-0.05, 0) is 6.42 Å². The van der Waals surface area contributed by atoms with Crippen molar-refractivity contribution in [3.8, 4) is 0 Å². The van der Waals surface area contributed by atoms with Crippen molar-refractivity contribution in [2.24, 2.45) is 0 Å². The van der Waals surface area contributed by atoms with E-state index in [4.69, 9.17) is 0 Å². The molecule has 0 N–H and O–H groups in total. The summed E-state index contributed by atoms with van der Waals surface area (Å²) in [4.78, 5) is 14.8. The third-order valence-corrected chi connectivity index (χ3v) is 2.44. The number of piperazine rings is 1. The minimum atomic E-state index is -0.795. The summed E-state index contributed by atoms with van der Waals surface area (Å²) >= 11 is 0. The van der Waals surface area contributed by atoms with Gasteiger partial charge in [0.25, 0.3) is 0 Å². The van der Waals surface area contributed by atoms with Gasteiger partial charge in [-0.15, -0.1) is 0 Å². The van der Waals surface area contributed by atoms with Crippen molar-refractivity contribution in [3.05, 3.63) is 0 Å². The molecule has 1 amide bonds. The summed E-state index contributed by atoms with van der Waals surface area (Å²) in [6.45, 7) is 4.10. The van der Waals surface area contributed by atoms with E-state index in [-0.39, 0.29) is 5.91 Å². The van der Waals surface area contributed by atoms with E-state index in [1.165, 1.54) is 0 Å². The Bertz CT molecular complexity index is 186. The van der Waals surface area contributed by atoms with Crippen LogP contribution in [0.3, 0.4) is 0 Å². The quantitative estimate of drug-likeness (QED) is 0.644. The molecule has 1 rings (SSSR count). The molecule has 1 saturated heterocycles. The zero-order valence-corrected chi connectivity index (χ0v) is 8.29. The molecule has 0 aromatic heterocycles. The molecule has 1 atom stereocenters. The first-order valence-electron chi connectivity index (χ1n) is 4.74. The Morgan fingerprint density at radius 2 is 2.23 bits per heavy atom. The van der Waals surface area contributed by atoms with Crippen LogP contribution in [0.15, 0.2) is 0 Å². The van der Waals surface area contributed by atoms with Gasteiger partial charge in [-0.25, -0.2) is 4.39 Å². The van der Waals surface area contributed by atoms with Gasteiger partial charge in [0, 0.05) is 26.7 Å². The average Bonchev–Trinajstić information content (AvgIpc) is 2.11. The van der Waals surface area contributed by atoms with Crippen molar-refractivity contribution in [1.29, 1.82) is 0 Å². The van der Waals surface area contributed by atoms with Gasteiger partial charge in [-0.1, -0.05) is 6.92 Å². The second-order valence-electron chi connectivity index (χ2n) is 3.56. The largest absolute Gasteiger partial charge is 0.343 e. The topological polar surface area (TPSA) is 23.6 Å². The molecule has 76 valence electrons. The number of carbonyl (C=O) groups is 1. The molecule has 0 bridgehead atoms. The molecule has 0 saturated carbocycles. The predicted octanol–water partition coefficient (Wildman–Crippen LogP) is 0.508. The third kappa shape index (κ3) is 2.95. The maximum Gasteiger partial charge on any atom is 0.236 e. The van der Waals surface area contributed by atoms with Crippen molar-refractivity contribution in [2.45, 2.75) is 19.5 Å². The molecule has 3 nitrogen and oxygen atoms in total. The molecule has 1 heterocycles. The Morgan fingerprint density at radius 3 is 2.77 bits per heavy atom. The minimum absolute atomic E-state index is 0.0922. The van der Waals surface area contributed by atoms with Crippen molar-refractivity contribution in [3.63, 3.8) is 0 Å². The van der Waals surface area contributed by atoms with E-state index in [9.17, 15) is 9.18 Å². The van der Waals surface area contributed by atoms with E-state index in [2.05, 4.69) is 0 Å². The van der Waals surface area contributed by atoms with Gasteiger partial charge in [-0.3, -0.25) is 9.69 Å². The minimum Gasteiger partial charge on any atom is -0.343 e. The van der Waals surface area contributed by atoms with Crippen LogP contribution in [0.4, 0.5) is 4.39 Å². The highest BCUT2D eigenvalue weighted by molar-refractivity contribution is 5.78. The number of likely N-dealkylation sites (N-methyl/N-ethyl adjacent to an activating group) is 1. The highest BCUT2D eigenvalue weighted by Crippen LogP contribution is 2.05. The lowest BCUT2D eigenvalue weighted by atomic mass is 10.2. The molecule has 1 unspecified atom stereocenters. The van der Waals surface area contributed by atoms with Crippen molar-refractivity contribution < 1.29 is 9.18 Å². The summed E-state index contributed by atoms with van der Waals surface area (Å²) in [7, 11) is 1.78. The van der Waals surface area contributed by atoms with Gasteiger partial charge in [-0.2, -0.15) is 0 Å². The first-order chi connectivity index (χ1) is 6.13. The lowest BCUT2D eigenvalue weighted by Crippen LogP contribution is -2.49. The van der Waals surface area contributed by atoms with E-state index in [1.807, 2.05) is 11.8 Å². The molecule has 4 heteroatoms. The van der Waals surface area contributed by atoms with Crippen LogP contribution in [0.1, 0.15) is 13.3 Å². The lowest BCUT2D eigenvalue weighted by molar-refractivity contribution is -0.134. The number of rotatable bonds is 3. The molecular weight excluding hydrogens is 171 g/mol. The van der Waals surface area contributed by atoms with Gasteiger partial charge in [0.15, 0.2) is 0 Å². The fourth-order valence-electron chi connectivity index (χ4n) is 1.37. The number of alkyl halides is 1. The smallest absolute Gasteiger partial charge is 0.236 e. The average molecular weight is 188 g/mol. The van der Waals surface area contributed by atoms with E-state index in [1.54, 1.807) is 11.9 Å². The SMILES string of the molecule is CCC(F)CN1CCN(C)C(=O)C1. The molecule has 0 aliphatic carbocycles. The Kier molecular flexibility index (Phi) is 3.66. The maximum absolute atomic E-state index is 13.0. The third-order valence-electron chi connectivity index (χ3n) is 2.44. The molecule has 0 aromatic rings. The van der Waals surface area contributed by atoms with Crippen molar-refractivity contribution in [2.75, 3.05) is 33.2 Å². The van der Waals surface area contributed by atoms with E-state index >= 15 is 0 Å². The van der Waals surface area contributed by atoms with Crippen LogP contribution in [0.25, 0.3) is 0 Å². The van der Waals surface area contributed by atoms with Gasteiger partial charge in [0.1, 0.15) is 6.17 Å². The number of amides is 1. The van der Waals surface area contributed by atoms with Gasteiger partial charge >= 0.3 is 0 Å².